The van der Waals surface area contributed by atoms with Crippen LogP contribution in [0.15, 0.2) is 54.7 Å². The number of nitrogens with two attached hydrogens (primary N) is 1. The second-order valence-corrected chi connectivity index (χ2v) is 5.35. The molecule has 0 aliphatic carbocycles. The number of pyridine rings is 1. The number of nitrogens with zero attached hydrogens (tertiary/aromatic N) is 2. The Balaban J connectivity index is 1.76. The van der Waals surface area contributed by atoms with Crippen LogP contribution in [0.5, 0.6) is 0 Å². The molecule has 1 atom stereocenters. The monoisotopic (exact) mass is 283 g/mol. The smallest absolute Gasteiger partial charge is 0.0543 e. The van der Waals surface area contributed by atoms with Gasteiger partial charge in [0, 0.05) is 18.8 Å². The van der Waals surface area contributed by atoms with Crippen molar-refractivity contribution in [3.05, 3.63) is 66.0 Å². The van der Waals surface area contributed by atoms with E-state index in [4.69, 9.17) is 5.73 Å². The Hall–Kier alpha value is -1.71. The Bertz CT molecular complexity index is 498. The first kappa shape index (κ1) is 15.7. The molecule has 0 saturated heterocycles. The number of aromatic nitrogens is 1. The molecular weight excluding hydrogens is 258 g/mol. The summed E-state index contributed by atoms with van der Waals surface area (Å²) in [6, 6.07) is 16.6. The third kappa shape index (κ3) is 5.29. The molecule has 0 aliphatic rings. The van der Waals surface area contributed by atoms with E-state index < -0.39 is 0 Å². The van der Waals surface area contributed by atoms with Crippen molar-refractivity contribution in [3.63, 3.8) is 0 Å². The normalized spacial score (nSPS) is 12.5. The van der Waals surface area contributed by atoms with Crippen molar-refractivity contribution >= 4 is 0 Å². The molecule has 2 aromatic rings. The summed E-state index contributed by atoms with van der Waals surface area (Å²) in [5.41, 5.74) is 8.60. The van der Waals surface area contributed by atoms with Crippen LogP contribution in [0.1, 0.15) is 37.1 Å². The topological polar surface area (TPSA) is 42.1 Å². The zero-order chi connectivity index (χ0) is 14.9. The van der Waals surface area contributed by atoms with Gasteiger partial charge < -0.3 is 5.73 Å². The van der Waals surface area contributed by atoms with Crippen molar-refractivity contribution in [2.75, 3.05) is 13.1 Å². The molecule has 0 aliphatic heterocycles. The van der Waals surface area contributed by atoms with E-state index in [2.05, 4.69) is 47.1 Å². The lowest BCUT2D eigenvalue weighted by atomic mass is 10.0. The van der Waals surface area contributed by atoms with Crippen molar-refractivity contribution in [2.45, 2.75) is 32.4 Å². The highest BCUT2D eigenvalue weighted by atomic mass is 15.1. The van der Waals surface area contributed by atoms with Gasteiger partial charge in [-0.1, -0.05) is 43.3 Å². The van der Waals surface area contributed by atoms with Crippen LogP contribution in [0.25, 0.3) is 0 Å². The van der Waals surface area contributed by atoms with E-state index in [-0.39, 0.29) is 6.04 Å². The number of hydrogen-bond acceptors (Lipinski definition) is 3. The summed E-state index contributed by atoms with van der Waals surface area (Å²) in [7, 11) is 0. The molecule has 0 bridgehead atoms. The summed E-state index contributed by atoms with van der Waals surface area (Å²) in [6.45, 7) is 5.21. The minimum atomic E-state index is 0.139. The first-order valence-corrected chi connectivity index (χ1v) is 7.72. The molecule has 1 aromatic carbocycles. The highest BCUT2D eigenvalue weighted by molar-refractivity contribution is 5.18. The molecule has 0 spiro atoms. The van der Waals surface area contributed by atoms with Crippen LogP contribution in [0.4, 0.5) is 0 Å². The highest BCUT2D eigenvalue weighted by Gasteiger charge is 2.08. The predicted molar refractivity (Wildman–Crippen MR) is 87.8 cm³/mol. The molecule has 112 valence electrons. The van der Waals surface area contributed by atoms with E-state index in [1.165, 1.54) is 5.56 Å². The molecule has 1 aromatic heterocycles. The van der Waals surface area contributed by atoms with Crippen molar-refractivity contribution in [3.8, 4) is 0 Å². The Morgan fingerprint density at radius 1 is 1.10 bits per heavy atom. The van der Waals surface area contributed by atoms with Crippen molar-refractivity contribution < 1.29 is 0 Å². The first-order chi connectivity index (χ1) is 10.3. The summed E-state index contributed by atoms with van der Waals surface area (Å²) in [5.74, 6) is 0. The second kappa shape index (κ2) is 8.55. The maximum Gasteiger partial charge on any atom is 0.0543 e. The van der Waals surface area contributed by atoms with Gasteiger partial charge in [-0.25, -0.2) is 0 Å². The van der Waals surface area contributed by atoms with Crippen LogP contribution < -0.4 is 5.73 Å². The second-order valence-electron chi connectivity index (χ2n) is 5.35. The molecule has 21 heavy (non-hydrogen) atoms. The van der Waals surface area contributed by atoms with Gasteiger partial charge >= 0.3 is 0 Å². The number of benzene rings is 1. The van der Waals surface area contributed by atoms with Crippen LogP contribution in [0.3, 0.4) is 0 Å². The van der Waals surface area contributed by atoms with E-state index >= 15 is 0 Å². The molecule has 0 radical (unpaired) electrons. The van der Waals surface area contributed by atoms with Gasteiger partial charge in [0.2, 0.25) is 0 Å². The van der Waals surface area contributed by atoms with Gasteiger partial charge in [-0.15, -0.1) is 0 Å². The van der Waals surface area contributed by atoms with Crippen LogP contribution in [0, 0.1) is 0 Å². The van der Waals surface area contributed by atoms with Gasteiger partial charge in [0.25, 0.3) is 0 Å². The third-order valence-electron chi connectivity index (χ3n) is 3.78. The lowest BCUT2D eigenvalue weighted by Gasteiger charge is -2.21. The van der Waals surface area contributed by atoms with Gasteiger partial charge in [0.15, 0.2) is 0 Å². The zero-order valence-electron chi connectivity index (χ0n) is 12.8. The maximum absolute atomic E-state index is 6.24. The summed E-state index contributed by atoms with van der Waals surface area (Å²) in [4.78, 5) is 6.81. The molecular formula is C18H25N3. The average molecular weight is 283 g/mol. The van der Waals surface area contributed by atoms with E-state index in [1.807, 2.05) is 24.4 Å². The van der Waals surface area contributed by atoms with E-state index in [1.54, 1.807) is 0 Å². The number of hydrogen-bond donors (Lipinski definition) is 1. The minimum absolute atomic E-state index is 0.139. The molecule has 1 heterocycles. The largest absolute Gasteiger partial charge is 0.324 e. The first-order valence-electron chi connectivity index (χ1n) is 7.72. The SMILES string of the molecule is CCN(CCCC(N)c1ccccc1)Cc1ccccn1. The molecule has 3 heteroatoms. The average Bonchev–Trinajstić information content (AvgIpc) is 2.55. The van der Waals surface area contributed by atoms with Crippen molar-refractivity contribution in [1.29, 1.82) is 0 Å². The van der Waals surface area contributed by atoms with Gasteiger partial charge in [-0.05, 0) is 43.6 Å². The van der Waals surface area contributed by atoms with Crippen LogP contribution in [-0.4, -0.2) is 23.0 Å². The van der Waals surface area contributed by atoms with Gasteiger partial charge in [-0.2, -0.15) is 0 Å². The fourth-order valence-corrected chi connectivity index (χ4v) is 2.47. The summed E-state index contributed by atoms with van der Waals surface area (Å²) in [5, 5.41) is 0. The molecule has 1 unspecified atom stereocenters. The van der Waals surface area contributed by atoms with E-state index in [0.717, 1.165) is 38.2 Å². The van der Waals surface area contributed by atoms with E-state index in [0.29, 0.717) is 0 Å². The molecule has 0 amide bonds. The summed E-state index contributed by atoms with van der Waals surface area (Å²) in [6.07, 6.45) is 3.98. The van der Waals surface area contributed by atoms with Crippen molar-refractivity contribution in [1.82, 2.24) is 9.88 Å². The third-order valence-corrected chi connectivity index (χ3v) is 3.78. The quantitative estimate of drug-likeness (QED) is 0.807. The van der Waals surface area contributed by atoms with E-state index in [9.17, 15) is 0 Å². The zero-order valence-corrected chi connectivity index (χ0v) is 12.8. The fraction of sp³-hybridized carbons (Fsp3) is 0.389. The summed E-state index contributed by atoms with van der Waals surface area (Å²) < 4.78 is 0. The maximum atomic E-state index is 6.24. The Labute approximate surface area is 127 Å². The number of rotatable bonds is 8. The molecule has 2 rings (SSSR count). The lowest BCUT2D eigenvalue weighted by molar-refractivity contribution is 0.268. The van der Waals surface area contributed by atoms with Crippen LogP contribution >= 0.6 is 0 Å². The Kier molecular flexibility index (Phi) is 6.38. The highest BCUT2D eigenvalue weighted by Crippen LogP contribution is 2.15. The molecule has 0 fully saturated rings. The van der Waals surface area contributed by atoms with Gasteiger partial charge in [-0.3, -0.25) is 9.88 Å². The Morgan fingerprint density at radius 2 is 1.86 bits per heavy atom. The molecule has 0 saturated carbocycles. The lowest BCUT2D eigenvalue weighted by Crippen LogP contribution is -2.25. The fourth-order valence-electron chi connectivity index (χ4n) is 2.47. The summed E-state index contributed by atoms with van der Waals surface area (Å²) >= 11 is 0. The Morgan fingerprint density at radius 3 is 2.52 bits per heavy atom. The van der Waals surface area contributed by atoms with Gasteiger partial charge in [0.1, 0.15) is 0 Å². The van der Waals surface area contributed by atoms with Crippen LogP contribution in [-0.2, 0) is 6.54 Å². The predicted octanol–water partition coefficient (Wildman–Crippen LogP) is 3.38. The minimum Gasteiger partial charge on any atom is -0.324 e. The van der Waals surface area contributed by atoms with Crippen molar-refractivity contribution in [2.24, 2.45) is 5.73 Å². The van der Waals surface area contributed by atoms with Gasteiger partial charge in [0.05, 0.1) is 5.69 Å². The standard InChI is InChI=1S/C18H25N3/c1-2-21(15-17-11-6-7-13-20-17)14-8-12-18(19)16-9-4-3-5-10-16/h3-7,9-11,13,18H,2,8,12,14-15,19H2,1H3. The molecule has 2 N–H and O–H groups in total. The van der Waals surface area contributed by atoms with Crippen LogP contribution in [0.2, 0.25) is 0 Å². The molecule has 3 nitrogen and oxygen atoms in total.